The van der Waals surface area contributed by atoms with Gasteiger partial charge >= 0.3 is 6.18 Å². The van der Waals surface area contributed by atoms with Gasteiger partial charge in [-0.15, -0.1) is 0 Å². The number of hydrogen-bond acceptors (Lipinski definition) is 3. The number of benzene rings is 1. The summed E-state index contributed by atoms with van der Waals surface area (Å²) >= 11 is 0. The molecule has 1 aromatic heterocycles. The van der Waals surface area contributed by atoms with Gasteiger partial charge < -0.3 is 10.0 Å². The maximum Gasteiger partial charge on any atom is 0.406 e. The van der Waals surface area contributed by atoms with E-state index >= 15 is 0 Å². The molecule has 0 bridgehead atoms. The van der Waals surface area contributed by atoms with Crippen molar-refractivity contribution in [3.8, 4) is 0 Å². The van der Waals surface area contributed by atoms with Gasteiger partial charge in [-0.1, -0.05) is 6.07 Å². The Kier molecular flexibility index (Phi) is 4.42. The Hall–Kier alpha value is -2.15. The summed E-state index contributed by atoms with van der Waals surface area (Å²) in [6, 6.07) is 7.90. The molecule has 2 aromatic rings. The van der Waals surface area contributed by atoms with Crippen LogP contribution in [0.3, 0.4) is 0 Å². The number of aromatic nitrogens is 1. The zero-order valence-corrected chi connectivity index (χ0v) is 11.0. The van der Waals surface area contributed by atoms with Crippen LogP contribution in [0.1, 0.15) is 10.4 Å². The van der Waals surface area contributed by atoms with Gasteiger partial charge in [-0.25, -0.2) is 0 Å². The Balaban J connectivity index is 2.29. The molecular weight excluding hydrogens is 285 g/mol. The van der Waals surface area contributed by atoms with Gasteiger partial charge in [0.15, 0.2) is 0 Å². The highest BCUT2D eigenvalue weighted by molar-refractivity contribution is 5.97. The molecule has 1 aromatic carbocycles. The molecular formula is C14H13F3N2O2. The van der Waals surface area contributed by atoms with Crippen LogP contribution in [0.2, 0.25) is 0 Å². The predicted octanol–water partition coefficient (Wildman–Crippen LogP) is 2.23. The Bertz CT molecular complexity index is 643. The first kappa shape index (κ1) is 15.2. The summed E-state index contributed by atoms with van der Waals surface area (Å²) in [5.41, 5.74) is 0.784. The zero-order valence-electron chi connectivity index (χ0n) is 11.0. The van der Waals surface area contributed by atoms with Crippen molar-refractivity contribution in [2.75, 3.05) is 19.7 Å². The standard InChI is InChI=1S/C14H13F3N2O2/c15-14(16,17)9-19(6-7-20)13(21)11-3-4-12-10(8-11)2-1-5-18-12/h1-5,8,20H,6-7,9H2. The number of carbonyl (C=O) groups excluding carboxylic acids is 1. The second-order valence-electron chi connectivity index (χ2n) is 4.48. The highest BCUT2D eigenvalue weighted by atomic mass is 19.4. The molecule has 1 amide bonds. The second-order valence-corrected chi connectivity index (χ2v) is 4.48. The molecule has 0 aliphatic rings. The Morgan fingerprint density at radius 3 is 2.71 bits per heavy atom. The highest BCUT2D eigenvalue weighted by Gasteiger charge is 2.33. The lowest BCUT2D eigenvalue weighted by atomic mass is 10.1. The van der Waals surface area contributed by atoms with Gasteiger partial charge in [0.05, 0.1) is 12.1 Å². The van der Waals surface area contributed by atoms with Crippen molar-refractivity contribution in [2.24, 2.45) is 0 Å². The van der Waals surface area contributed by atoms with Crippen LogP contribution >= 0.6 is 0 Å². The van der Waals surface area contributed by atoms with Crippen molar-refractivity contribution >= 4 is 16.8 Å². The summed E-state index contributed by atoms with van der Waals surface area (Å²) in [5.74, 6) is -0.771. The molecule has 0 fully saturated rings. The SMILES string of the molecule is O=C(c1ccc2ncccc2c1)N(CCO)CC(F)(F)F. The molecule has 0 aliphatic carbocycles. The third-order valence-electron chi connectivity index (χ3n) is 2.88. The van der Waals surface area contributed by atoms with E-state index in [2.05, 4.69) is 4.98 Å². The molecule has 1 N–H and O–H groups in total. The van der Waals surface area contributed by atoms with Gasteiger partial charge in [-0.2, -0.15) is 13.2 Å². The van der Waals surface area contributed by atoms with Gasteiger partial charge in [-0.3, -0.25) is 9.78 Å². The minimum Gasteiger partial charge on any atom is -0.395 e. The lowest BCUT2D eigenvalue weighted by molar-refractivity contribution is -0.141. The number of alkyl halides is 3. The van der Waals surface area contributed by atoms with Crippen molar-refractivity contribution in [2.45, 2.75) is 6.18 Å². The van der Waals surface area contributed by atoms with E-state index in [0.717, 1.165) is 0 Å². The highest BCUT2D eigenvalue weighted by Crippen LogP contribution is 2.19. The van der Waals surface area contributed by atoms with E-state index < -0.39 is 25.2 Å². The number of fused-ring (bicyclic) bond motifs is 1. The smallest absolute Gasteiger partial charge is 0.395 e. The maximum atomic E-state index is 12.5. The lowest BCUT2D eigenvalue weighted by Crippen LogP contribution is -2.40. The summed E-state index contributed by atoms with van der Waals surface area (Å²) in [6.07, 6.45) is -2.92. The van der Waals surface area contributed by atoms with Gasteiger partial charge in [-0.05, 0) is 24.3 Å². The van der Waals surface area contributed by atoms with Crippen LogP contribution in [0.4, 0.5) is 13.2 Å². The molecule has 0 saturated carbocycles. The fourth-order valence-electron chi connectivity index (χ4n) is 1.98. The minimum atomic E-state index is -4.51. The summed E-state index contributed by atoms with van der Waals surface area (Å²) in [6.45, 7) is -2.29. The molecule has 21 heavy (non-hydrogen) atoms. The van der Waals surface area contributed by atoms with Crippen LogP contribution in [-0.4, -0.2) is 46.8 Å². The molecule has 2 rings (SSSR count). The summed E-state index contributed by atoms with van der Waals surface area (Å²) in [4.78, 5) is 16.8. The van der Waals surface area contributed by atoms with E-state index in [-0.39, 0.29) is 12.1 Å². The topological polar surface area (TPSA) is 53.4 Å². The second kappa shape index (κ2) is 6.09. The number of hydrogen-bond donors (Lipinski definition) is 1. The molecule has 0 radical (unpaired) electrons. The fraction of sp³-hybridized carbons (Fsp3) is 0.286. The number of amides is 1. The van der Waals surface area contributed by atoms with Crippen LogP contribution in [0.5, 0.6) is 0 Å². The van der Waals surface area contributed by atoms with Crippen molar-refractivity contribution < 1.29 is 23.1 Å². The summed E-state index contributed by atoms with van der Waals surface area (Å²) in [7, 11) is 0. The summed E-state index contributed by atoms with van der Waals surface area (Å²) in [5, 5.41) is 9.50. The van der Waals surface area contributed by atoms with E-state index in [1.807, 2.05) is 0 Å². The van der Waals surface area contributed by atoms with Crippen LogP contribution < -0.4 is 0 Å². The number of nitrogens with zero attached hydrogens (tertiary/aromatic N) is 2. The minimum absolute atomic E-state index is 0.133. The average molecular weight is 298 g/mol. The third-order valence-corrected chi connectivity index (χ3v) is 2.88. The molecule has 0 unspecified atom stereocenters. The molecule has 7 heteroatoms. The predicted molar refractivity (Wildman–Crippen MR) is 70.8 cm³/mol. The molecule has 0 saturated heterocycles. The van der Waals surface area contributed by atoms with Gasteiger partial charge in [0.2, 0.25) is 0 Å². The Morgan fingerprint density at radius 1 is 1.29 bits per heavy atom. The van der Waals surface area contributed by atoms with Crippen molar-refractivity contribution in [3.63, 3.8) is 0 Å². The van der Waals surface area contributed by atoms with Crippen LogP contribution in [0.15, 0.2) is 36.5 Å². The first-order chi connectivity index (χ1) is 9.90. The lowest BCUT2D eigenvalue weighted by Gasteiger charge is -2.23. The van der Waals surface area contributed by atoms with Crippen LogP contribution in [0.25, 0.3) is 10.9 Å². The molecule has 0 spiro atoms. The number of rotatable bonds is 4. The number of carbonyl (C=O) groups is 1. The van der Waals surface area contributed by atoms with Crippen LogP contribution in [-0.2, 0) is 0 Å². The van der Waals surface area contributed by atoms with E-state index in [9.17, 15) is 18.0 Å². The first-order valence-corrected chi connectivity index (χ1v) is 6.22. The monoisotopic (exact) mass is 298 g/mol. The van der Waals surface area contributed by atoms with Crippen molar-refractivity contribution in [1.82, 2.24) is 9.88 Å². The number of pyridine rings is 1. The van der Waals surface area contributed by atoms with Gasteiger partial charge in [0.25, 0.3) is 5.91 Å². The summed E-state index contributed by atoms with van der Waals surface area (Å²) < 4.78 is 37.4. The molecule has 4 nitrogen and oxygen atoms in total. The average Bonchev–Trinajstić information content (AvgIpc) is 2.44. The van der Waals surface area contributed by atoms with Crippen molar-refractivity contribution in [3.05, 3.63) is 42.1 Å². The maximum absolute atomic E-state index is 12.5. The van der Waals surface area contributed by atoms with Gasteiger partial charge in [0.1, 0.15) is 6.54 Å². The van der Waals surface area contributed by atoms with E-state index in [1.165, 1.54) is 12.1 Å². The number of aliphatic hydroxyl groups excluding tert-OH is 1. The molecule has 1 heterocycles. The zero-order chi connectivity index (χ0) is 15.5. The van der Waals surface area contributed by atoms with E-state index in [0.29, 0.717) is 15.8 Å². The first-order valence-electron chi connectivity index (χ1n) is 6.22. The fourth-order valence-corrected chi connectivity index (χ4v) is 1.98. The molecule has 112 valence electrons. The third kappa shape index (κ3) is 3.91. The molecule has 0 aliphatic heterocycles. The van der Waals surface area contributed by atoms with Gasteiger partial charge in [0, 0.05) is 23.7 Å². The quantitative estimate of drug-likeness (QED) is 0.941. The number of aliphatic hydroxyl groups is 1. The van der Waals surface area contributed by atoms with Crippen molar-refractivity contribution in [1.29, 1.82) is 0 Å². The van der Waals surface area contributed by atoms with E-state index in [4.69, 9.17) is 5.11 Å². The Labute approximate surface area is 118 Å². The largest absolute Gasteiger partial charge is 0.406 e. The normalized spacial score (nSPS) is 11.6. The Morgan fingerprint density at radius 2 is 2.05 bits per heavy atom. The van der Waals surface area contributed by atoms with E-state index in [1.54, 1.807) is 24.4 Å². The number of halogens is 3. The van der Waals surface area contributed by atoms with Crippen LogP contribution in [0, 0.1) is 0 Å². The molecule has 0 atom stereocenters.